The van der Waals surface area contributed by atoms with E-state index < -0.39 is 17.1 Å². The van der Waals surface area contributed by atoms with Crippen molar-refractivity contribution in [3.8, 4) is 0 Å². The van der Waals surface area contributed by atoms with Gasteiger partial charge in [0.15, 0.2) is 0 Å². The Morgan fingerprint density at radius 1 is 1.35 bits per heavy atom. The molecule has 0 radical (unpaired) electrons. The summed E-state index contributed by atoms with van der Waals surface area (Å²) in [6, 6.07) is 8.11. The van der Waals surface area contributed by atoms with Gasteiger partial charge in [0.05, 0.1) is 6.61 Å². The summed E-state index contributed by atoms with van der Waals surface area (Å²) in [5.74, 6) is 0.907. The number of aryl methyl sites for hydroxylation is 1. The minimum atomic E-state index is -0.533. The van der Waals surface area contributed by atoms with Crippen molar-refractivity contribution in [2.75, 3.05) is 25.2 Å². The van der Waals surface area contributed by atoms with Crippen LogP contribution in [0.3, 0.4) is 0 Å². The first-order valence-electron chi connectivity index (χ1n) is 7.86. The van der Waals surface area contributed by atoms with Gasteiger partial charge in [-0.25, -0.2) is 4.79 Å². The molecule has 23 heavy (non-hydrogen) atoms. The molecule has 4 nitrogen and oxygen atoms in total. The van der Waals surface area contributed by atoms with Crippen LogP contribution in [-0.2, 0) is 10.2 Å². The summed E-state index contributed by atoms with van der Waals surface area (Å²) in [6.45, 7) is 7.86. The summed E-state index contributed by atoms with van der Waals surface area (Å²) >= 11 is 1.73. The van der Waals surface area contributed by atoms with Gasteiger partial charge in [-0.1, -0.05) is 29.8 Å². The molecule has 2 N–H and O–H groups in total. The lowest BCUT2D eigenvalue weighted by atomic mass is 9.78. The van der Waals surface area contributed by atoms with Crippen molar-refractivity contribution in [2.45, 2.75) is 45.1 Å². The van der Waals surface area contributed by atoms with Crippen molar-refractivity contribution < 1.29 is 14.6 Å². The summed E-state index contributed by atoms with van der Waals surface area (Å²) < 4.78 is 5.30. The average molecular weight is 340 g/mol. The van der Waals surface area contributed by atoms with Crippen LogP contribution in [0.2, 0.25) is 0 Å². The molecule has 1 aromatic carbocycles. The molecule has 1 unspecified atom stereocenters. The lowest BCUT2D eigenvalue weighted by molar-refractivity contribution is 0.0502. The third kappa shape index (κ3) is 6.43. The molecule has 130 valence electrons. The van der Waals surface area contributed by atoms with Crippen LogP contribution in [0.5, 0.6) is 0 Å². The van der Waals surface area contributed by atoms with E-state index in [9.17, 15) is 9.90 Å². The highest BCUT2D eigenvalue weighted by Gasteiger charge is 2.32. The van der Waals surface area contributed by atoms with Crippen LogP contribution < -0.4 is 5.32 Å². The molecule has 0 fully saturated rings. The van der Waals surface area contributed by atoms with Crippen molar-refractivity contribution in [3.05, 3.63) is 35.4 Å². The Kier molecular flexibility index (Phi) is 7.42. The summed E-state index contributed by atoms with van der Waals surface area (Å²) in [5, 5.41) is 12.9. The zero-order valence-corrected chi connectivity index (χ0v) is 15.6. The van der Waals surface area contributed by atoms with Crippen LogP contribution in [0.1, 0.15) is 38.3 Å². The number of aliphatic hydroxyl groups excluding tert-OH is 1. The number of rotatable bonds is 7. The van der Waals surface area contributed by atoms with Gasteiger partial charge in [0.1, 0.15) is 5.60 Å². The largest absolute Gasteiger partial charge is 0.444 e. The molecule has 1 rings (SSSR count). The van der Waals surface area contributed by atoms with Gasteiger partial charge in [0, 0.05) is 12.0 Å². The number of aliphatic hydroxyl groups is 1. The monoisotopic (exact) mass is 339 g/mol. The number of carbonyl (C=O) groups is 1. The Bertz CT molecular complexity index is 513. The number of hydrogen-bond donors (Lipinski definition) is 2. The molecule has 0 spiro atoms. The Labute approximate surface area is 144 Å². The van der Waals surface area contributed by atoms with Crippen molar-refractivity contribution in [2.24, 2.45) is 0 Å². The molecule has 0 bridgehead atoms. The van der Waals surface area contributed by atoms with E-state index in [4.69, 9.17) is 4.74 Å². The van der Waals surface area contributed by atoms with Gasteiger partial charge < -0.3 is 15.2 Å². The van der Waals surface area contributed by atoms with Crippen LogP contribution in [0, 0.1) is 6.92 Å². The lowest BCUT2D eigenvalue weighted by Crippen LogP contribution is -2.45. The zero-order chi connectivity index (χ0) is 17.5. The fraction of sp³-hybridized carbons (Fsp3) is 0.611. The van der Waals surface area contributed by atoms with Crippen LogP contribution in [0.4, 0.5) is 4.79 Å². The van der Waals surface area contributed by atoms with Crippen LogP contribution in [0.25, 0.3) is 0 Å². The summed E-state index contributed by atoms with van der Waals surface area (Å²) in [5.41, 5.74) is 1.16. The first kappa shape index (κ1) is 19.8. The van der Waals surface area contributed by atoms with E-state index in [1.54, 1.807) is 11.8 Å². The number of thioether (sulfide) groups is 1. The van der Waals surface area contributed by atoms with Crippen LogP contribution in [0.15, 0.2) is 24.3 Å². The maximum absolute atomic E-state index is 12.0. The zero-order valence-electron chi connectivity index (χ0n) is 14.8. The minimum absolute atomic E-state index is 0.0210. The number of amides is 1. The van der Waals surface area contributed by atoms with Crippen molar-refractivity contribution >= 4 is 17.9 Å². The molecule has 0 heterocycles. The lowest BCUT2D eigenvalue weighted by Gasteiger charge is -2.33. The maximum atomic E-state index is 12.0. The van der Waals surface area contributed by atoms with E-state index >= 15 is 0 Å². The summed E-state index contributed by atoms with van der Waals surface area (Å²) in [6.07, 6.45) is 2.37. The van der Waals surface area contributed by atoms with Gasteiger partial charge in [-0.05, 0) is 51.7 Å². The predicted octanol–water partition coefficient (Wildman–Crippen LogP) is 3.50. The first-order valence-corrected chi connectivity index (χ1v) is 9.25. The molecule has 5 heteroatoms. The van der Waals surface area contributed by atoms with Gasteiger partial charge in [0.25, 0.3) is 0 Å². The number of nitrogens with one attached hydrogen (secondary N) is 1. The van der Waals surface area contributed by atoms with Gasteiger partial charge >= 0.3 is 6.09 Å². The van der Waals surface area contributed by atoms with E-state index in [-0.39, 0.29) is 6.61 Å². The fourth-order valence-electron chi connectivity index (χ4n) is 2.39. The Balaban J connectivity index is 2.93. The van der Waals surface area contributed by atoms with Crippen LogP contribution >= 0.6 is 11.8 Å². The van der Waals surface area contributed by atoms with Crippen molar-refractivity contribution in [3.63, 3.8) is 0 Å². The SMILES string of the molecule is CSCCC(CO)(CNC(=O)OC(C)(C)C)c1cccc(C)c1. The molecule has 0 aliphatic rings. The third-order valence-corrected chi connectivity index (χ3v) is 4.30. The Morgan fingerprint density at radius 3 is 2.57 bits per heavy atom. The van der Waals surface area contributed by atoms with Crippen LogP contribution in [-0.4, -0.2) is 42.0 Å². The smallest absolute Gasteiger partial charge is 0.407 e. The van der Waals surface area contributed by atoms with Gasteiger partial charge in [0.2, 0.25) is 0 Å². The quantitative estimate of drug-likeness (QED) is 0.798. The molecule has 1 aromatic rings. The van der Waals surface area contributed by atoms with E-state index in [1.807, 2.05) is 52.1 Å². The number of carbonyl (C=O) groups excluding carboxylic acids is 1. The van der Waals surface area contributed by atoms with E-state index in [2.05, 4.69) is 11.4 Å². The molecule has 0 saturated heterocycles. The third-order valence-electron chi connectivity index (χ3n) is 3.69. The number of hydrogen-bond acceptors (Lipinski definition) is 4. The molecular formula is C18H29NO3S. The molecule has 0 aliphatic carbocycles. The molecule has 1 atom stereocenters. The molecule has 0 saturated carbocycles. The normalized spacial score (nSPS) is 14.2. The topological polar surface area (TPSA) is 58.6 Å². The van der Waals surface area contributed by atoms with E-state index in [1.165, 1.54) is 0 Å². The Hall–Kier alpha value is -1.20. The fourth-order valence-corrected chi connectivity index (χ4v) is 2.98. The highest BCUT2D eigenvalue weighted by atomic mass is 32.2. The van der Waals surface area contributed by atoms with Gasteiger partial charge in [-0.2, -0.15) is 11.8 Å². The number of ether oxygens (including phenoxy) is 1. The molecule has 0 aromatic heterocycles. The van der Waals surface area contributed by atoms with E-state index in [0.717, 1.165) is 23.3 Å². The second-order valence-corrected chi connectivity index (χ2v) is 7.89. The average Bonchev–Trinajstić information content (AvgIpc) is 2.46. The van der Waals surface area contributed by atoms with E-state index in [0.29, 0.717) is 6.54 Å². The molecule has 0 aliphatic heterocycles. The van der Waals surface area contributed by atoms with Gasteiger partial charge in [-0.3, -0.25) is 0 Å². The molecule has 1 amide bonds. The standard InChI is InChI=1S/C18H29NO3S/c1-14-7-6-8-15(11-14)18(13-20,9-10-23-5)12-19-16(21)22-17(2,3)4/h6-8,11,20H,9-10,12-13H2,1-5H3,(H,19,21). The first-order chi connectivity index (χ1) is 10.7. The Morgan fingerprint density at radius 2 is 2.04 bits per heavy atom. The maximum Gasteiger partial charge on any atom is 0.407 e. The number of alkyl carbamates (subject to hydrolysis) is 1. The predicted molar refractivity (Wildman–Crippen MR) is 97.2 cm³/mol. The highest BCUT2D eigenvalue weighted by molar-refractivity contribution is 7.98. The highest BCUT2D eigenvalue weighted by Crippen LogP contribution is 2.29. The van der Waals surface area contributed by atoms with Crippen molar-refractivity contribution in [1.29, 1.82) is 0 Å². The molecular weight excluding hydrogens is 310 g/mol. The van der Waals surface area contributed by atoms with Gasteiger partial charge in [-0.15, -0.1) is 0 Å². The second-order valence-electron chi connectivity index (χ2n) is 6.91. The minimum Gasteiger partial charge on any atom is -0.444 e. The number of benzene rings is 1. The second kappa shape index (κ2) is 8.60. The van der Waals surface area contributed by atoms with Crippen molar-refractivity contribution in [1.82, 2.24) is 5.32 Å². The summed E-state index contributed by atoms with van der Waals surface area (Å²) in [7, 11) is 0. The summed E-state index contributed by atoms with van der Waals surface area (Å²) in [4.78, 5) is 12.0.